The van der Waals surface area contributed by atoms with Crippen LogP contribution in [0, 0.1) is 3.57 Å². The molecule has 0 spiro atoms. The fourth-order valence-corrected chi connectivity index (χ4v) is 2.72. The van der Waals surface area contributed by atoms with Crippen LogP contribution >= 0.6 is 33.9 Å². The summed E-state index contributed by atoms with van der Waals surface area (Å²) >= 11 is 3.96. The minimum Gasteiger partial charge on any atom is -0.306 e. The molecule has 1 N–H and O–H groups in total. The third-order valence-electron chi connectivity index (χ3n) is 2.31. The Morgan fingerprint density at radius 3 is 2.72 bits per heavy atom. The molecule has 0 bridgehead atoms. The van der Waals surface area contributed by atoms with Crippen LogP contribution in [-0.2, 0) is 6.54 Å². The summed E-state index contributed by atoms with van der Waals surface area (Å²) < 4.78 is 1.22. The summed E-state index contributed by atoms with van der Waals surface area (Å²) in [4.78, 5) is 0. The van der Waals surface area contributed by atoms with E-state index in [4.69, 9.17) is 0 Å². The molecule has 3 nitrogen and oxygen atoms in total. The minimum absolute atomic E-state index is 0.105. The van der Waals surface area contributed by atoms with E-state index in [1.165, 1.54) is 3.57 Å². The van der Waals surface area contributed by atoms with Crippen LogP contribution in [0.4, 0.5) is 0 Å². The lowest BCUT2D eigenvalue weighted by Crippen LogP contribution is -2.35. The lowest BCUT2D eigenvalue weighted by Gasteiger charge is -2.19. The van der Waals surface area contributed by atoms with Crippen LogP contribution in [0.3, 0.4) is 0 Å². The molecule has 2 aromatic rings. The highest BCUT2D eigenvalue weighted by molar-refractivity contribution is 14.1. The van der Waals surface area contributed by atoms with Crippen molar-refractivity contribution in [3.8, 4) is 10.6 Å². The van der Waals surface area contributed by atoms with E-state index in [0.717, 1.165) is 22.1 Å². The summed E-state index contributed by atoms with van der Waals surface area (Å²) in [6.07, 6.45) is 0. The maximum Gasteiger partial charge on any atom is 0.147 e. The SMILES string of the molecule is CC(C)(C)NCc1nnc(-c2cccc(I)c2)s1. The molecule has 0 aliphatic heterocycles. The molecular formula is C13H16IN3S. The van der Waals surface area contributed by atoms with E-state index in [1.807, 2.05) is 6.07 Å². The number of nitrogens with one attached hydrogen (secondary N) is 1. The molecule has 1 heterocycles. The molecule has 0 radical (unpaired) electrons. The number of halogens is 1. The Labute approximate surface area is 125 Å². The second-order valence-electron chi connectivity index (χ2n) is 5.11. The van der Waals surface area contributed by atoms with Gasteiger partial charge in [-0.05, 0) is 55.5 Å². The maximum atomic E-state index is 4.25. The van der Waals surface area contributed by atoms with Crippen LogP contribution in [0.2, 0.25) is 0 Å². The van der Waals surface area contributed by atoms with Gasteiger partial charge < -0.3 is 5.32 Å². The van der Waals surface area contributed by atoms with Crippen molar-refractivity contribution < 1.29 is 0 Å². The van der Waals surface area contributed by atoms with Crippen molar-refractivity contribution in [2.75, 3.05) is 0 Å². The van der Waals surface area contributed by atoms with Crippen molar-refractivity contribution in [3.63, 3.8) is 0 Å². The van der Waals surface area contributed by atoms with Gasteiger partial charge in [0.1, 0.15) is 10.0 Å². The van der Waals surface area contributed by atoms with Gasteiger partial charge in [-0.3, -0.25) is 0 Å². The number of nitrogens with zero attached hydrogens (tertiary/aromatic N) is 2. The van der Waals surface area contributed by atoms with Gasteiger partial charge in [0, 0.05) is 14.7 Å². The number of hydrogen-bond donors (Lipinski definition) is 1. The second kappa shape index (κ2) is 5.63. The first kappa shape index (κ1) is 13.9. The molecule has 0 fully saturated rings. The molecule has 18 heavy (non-hydrogen) atoms. The van der Waals surface area contributed by atoms with E-state index >= 15 is 0 Å². The summed E-state index contributed by atoms with van der Waals surface area (Å²) in [5.74, 6) is 0. The van der Waals surface area contributed by atoms with Crippen LogP contribution in [0.15, 0.2) is 24.3 Å². The summed E-state index contributed by atoms with van der Waals surface area (Å²) in [6, 6.07) is 8.32. The Kier molecular flexibility index (Phi) is 4.34. The van der Waals surface area contributed by atoms with E-state index < -0.39 is 0 Å². The lowest BCUT2D eigenvalue weighted by molar-refractivity contribution is 0.423. The molecule has 96 valence electrons. The first-order valence-corrected chi connectivity index (χ1v) is 7.67. The zero-order chi connectivity index (χ0) is 13.2. The number of benzene rings is 1. The molecule has 1 aromatic heterocycles. The van der Waals surface area contributed by atoms with Gasteiger partial charge >= 0.3 is 0 Å². The fourth-order valence-electron chi connectivity index (χ4n) is 1.40. The number of rotatable bonds is 3. The number of aromatic nitrogens is 2. The molecule has 2 rings (SSSR count). The summed E-state index contributed by atoms with van der Waals surface area (Å²) in [6.45, 7) is 7.21. The Balaban J connectivity index is 2.11. The standard InChI is InChI=1S/C13H16IN3S/c1-13(2,3)15-8-11-16-17-12(18-11)9-5-4-6-10(14)7-9/h4-7,15H,8H2,1-3H3. The van der Waals surface area contributed by atoms with Gasteiger partial charge in [-0.25, -0.2) is 0 Å². The smallest absolute Gasteiger partial charge is 0.147 e. The molecular weight excluding hydrogens is 357 g/mol. The average molecular weight is 373 g/mol. The van der Waals surface area contributed by atoms with Crippen LogP contribution in [-0.4, -0.2) is 15.7 Å². The molecule has 1 aromatic carbocycles. The summed E-state index contributed by atoms with van der Waals surface area (Å²) in [5, 5.41) is 13.9. The zero-order valence-electron chi connectivity index (χ0n) is 10.7. The van der Waals surface area contributed by atoms with Crippen molar-refractivity contribution in [1.82, 2.24) is 15.5 Å². The van der Waals surface area contributed by atoms with Crippen molar-refractivity contribution in [2.24, 2.45) is 0 Å². The topological polar surface area (TPSA) is 37.8 Å². The predicted octanol–water partition coefficient (Wildman–Crippen LogP) is 3.70. The van der Waals surface area contributed by atoms with Crippen LogP contribution in [0.1, 0.15) is 25.8 Å². The van der Waals surface area contributed by atoms with Crippen LogP contribution < -0.4 is 5.32 Å². The van der Waals surface area contributed by atoms with Gasteiger partial charge in [-0.15, -0.1) is 10.2 Å². The summed E-state index contributed by atoms with van der Waals surface area (Å²) in [5.41, 5.74) is 1.25. The predicted molar refractivity (Wildman–Crippen MR) is 84.7 cm³/mol. The summed E-state index contributed by atoms with van der Waals surface area (Å²) in [7, 11) is 0. The quantitative estimate of drug-likeness (QED) is 0.834. The fraction of sp³-hybridized carbons (Fsp3) is 0.385. The normalized spacial score (nSPS) is 11.8. The van der Waals surface area contributed by atoms with Crippen molar-refractivity contribution in [3.05, 3.63) is 32.8 Å². The molecule has 5 heteroatoms. The van der Waals surface area contributed by atoms with Gasteiger partial charge in [0.05, 0.1) is 6.54 Å². The number of hydrogen-bond acceptors (Lipinski definition) is 4. The van der Waals surface area contributed by atoms with Crippen molar-refractivity contribution >= 4 is 33.9 Å². The van der Waals surface area contributed by atoms with E-state index in [0.29, 0.717) is 0 Å². The third-order valence-corrected chi connectivity index (χ3v) is 3.95. The molecule has 0 amide bonds. The lowest BCUT2D eigenvalue weighted by atomic mass is 10.1. The highest BCUT2D eigenvalue weighted by Crippen LogP contribution is 2.24. The average Bonchev–Trinajstić information content (AvgIpc) is 2.74. The van der Waals surface area contributed by atoms with Crippen LogP contribution in [0.25, 0.3) is 10.6 Å². The van der Waals surface area contributed by atoms with Gasteiger partial charge in [0.2, 0.25) is 0 Å². The highest BCUT2D eigenvalue weighted by Gasteiger charge is 2.11. The highest BCUT2D eigenvalue weighted by atomic mass is 127. The first-order valence-electron chi connectivity index (χ1n) is 5.77. The van der Waals surface area contributed by atoms with Gasteiger partial charge in [0.25, 0.3) is 0 Å². The largest absolute Gasteiger partial charge is 0.306 e. The minimum atomic E-state index is 0.105. The van der Waals surface area contributed by atoms with E-state index in [2.05, 4.69) is 77.1 Å². The molecule has 0 unspecified atom stereocenters. The Hall–Kier alpha value is -0.530. The molecule has 0 saturated heterocycles. The van der Waals surface area contributed by atoms with E-state index in [1.54, 1.807) is 11.3 Å². The Morgan fingerprint density at radius 2 is 2.06 bits per heavy atom. The van der Waals surface area contributed by atoms with Crippen molar-refractivity contribution in [2.45, 2.75) is 32.9 Å². The van der Waals surface area contributed by atoms with Crippen LogP contribution in [0.5, 0.6) is 0 Å². The van der Waals surface area contributed by atoms with Gasteiger partial charge in [-0.1, -0.05) is 23.5 Å². The van der Waals surface area contributed by atoms with Gasteiger partial charge in [-0.2, -0.15) is 0 Å². The molecule has 0 aliphatic carbocycles. The van der Waals surface area contributed by atoms with Crippen molar-refractivity contribution in [1.29, 1.82) is 0 Å². The van der Waals surface area contributed by atoms with E-state index in [9.17, 15) is 0 Å². The Bertz CT molecular complexity index is 531. The van der Waals surface area contributed by atoms with E-state index in [-0.39, 0.29) is 5.54 Å². The molecule has 0 atom stereocenters. The third kappa shape index (κ3) is 4.00. The molecule has 0 aliphatic rings. The molecule has 0 saturated carbocycles. The van der Waals surface area contributed by atoms with Gasteiger partial charge in [0.15, 0.2) is 0 Å². The first-order chi connectivity index (χ1) is 8.44. The Morgan fingerprint density at radius 1 is 1.28 bits per heavy atom. The monoisotopic (exact) mass is 373 g/mol. The second-order valence-corrected chi connectivity index (χ2v) is 7.42. The zero-order valence-corrected chi connectivity index (χ0v) is 13.7. The maximum absolute atomic E-state index is 4.25.